The molecule has 0 heterocycles. The lowest BCUT2D eigenvalue weighted by Gasteiger charge is -2.23. The van der Waals surface area contributed by atoms with Crippen LogP contribution in [0.1, 0.15) is 47.5 Å². The summed E-state index contributed by atoms with van der Waals surface area (Å²) < 4.78 is 34.9. The van der Waals surface area contributed by atoms with Crippen molar-refractivity contribution in [2.24, 2.45) is 5.92 Å². The highest BCUT2D eigenvalue weighted by Crippen LogP contribution is 2.05. The molecule has 0 aliphatic carbocycles. The van der Waals surface area contributed by atoms with Crippen molar-refractivity contribution in [3.63, 3.8) is 0 Å². The number of hydrogen-bond donors (Lipinski definition) is 1. The summed E-state index contributed by atoms with van der Waals surface area (Å²) >= 11 is 0. The highest BCUT2D eigenvalue weighted by Gasteiger charge is 2.19. The normalized spacial score (nSPS) is 13.3. The summed E-state index contributed by atoms with van der Waals surface area (Å²) in [5, 5.41) is 2.60. The van der Waals surface area contributed by atoms with Gasteiger partial charge < -0.3 is 14.8 Å². The van der Waals surface area contributed by atoms with Crippen LogP contribution in [0.25, 0.3) is 0 Å². The predicted octanol–water partition coefficient (Wildman–Crippen LogP) is 1.16. The fourth-order valence-corrected chi connectivity index (χ4v) is 3.35. The number of amides is 1. The summed E-state index contributed by atoms with van der Waals surface area (Å²) in [6.07, 6.45) is 1.77. The lowest BCUT2D eigenvalue weighted by atomic mass is 10.1. The van der Waals surface area contributed by atoms with Crippen LogP contribution in [-0.4, -0.2) is 69.3 Å². The zero-order valence-electron chi connectivity index (χ0n) is 16.8. The van der Waals surface area contributed by atoms with Crippen LogP contribution in [0.2, 0.25) is 0 Å². The van der Waals surface area contributed by atoms with Gasteiger partial charge in [-0.15, -0.1) is 0 Å². The third-order valence-corrected chi connectivity index (χ3v) is 5.08. The maximum absolute atomic E-state index is 11.7. The number of ether oxygens (including phenoxy) is 2. The Kier molecular flexibility index (Phi) is 11.7. The van der Waals surface area contributed by atoms with Gasteiger partial charge in [0, 0.05) is 25.7 Å². The Morgan fingerprint density at radius 2 is 1.73 bits per heavy atom. The van der Waals surface area contributed by atoms with Crippen LogP contribution < -0.4 is 5.32 Å². The van der Waals surface area contributed by atoms with Crippen molar-refractivity contribution in [2.45, 2.75) is 59.6 Å². The minimum Gasteiger partial charge on any atom is -0.454 e. The number of esters is 1. The minimum atomic E-state index is -3.27. The summed E-state index contributed by atoms with van der Waals surface area (Å²) in [6, 6.07) is -0.140. The van der Waals surface area contributed by atoms with Crippen LogP contribution in [0, 0.1) is 5.92 Å². The molecule has 1 amide bonds. The Bertz CT molecular complexity index is 533. The number of carbonyl (C=O) groups is 2. The van der Waals surface area contributed by atoms with Crippen LogP contribution in [0.4, 0.5) is 0 Å². The van der Waals surface area contributed by atoms with Crippen molar-refractivity contribution in [3.8, 4) is 0 Å². The molecule has 1 atom stereocenters. The van der Waals surface area contributed by atoms with E-state index in [-0.39, 0.29) is 12.6 Å². The first-order chi connectivity index (χ1) is 11.9. The second-order valence-corrected chi connectivity index (χ2v) is 8.91. The molecule has 0 bridgehead atoms. The van der Waals surface area contributed by atoms with E-state index in [1.54, 1.807) is 20.8 Å². The molecule has 0 aliphatic rings. The maximum Gasteiger partial charge on any atom is 0.335 e. The number of rotatable bonds is 13. The van der Waals surface area contributed by atoms with Gasteiger partial charge in [0.05, 0.1) is 6.26 Å². The predicted molar refractivity (Wildman–Crippen MR) is 100 cm³/mol. The molecular weight excluding hydrogens is 360 g/mol. The lowest BCUT2D eigenvalue weighted by molar-refractivity contribution is -0.159. The number of hydrogen-bond acceptors (Lipinski definition) is 6. The number of sulfonamides is 1. The molecule has 1 unspecified atom stereocenters. The van der Waals surface area contributed by atoms with Crippen molar-refractivity contribution in [2.75, 3.05) is 32.6 Å². The first-order valence-corrected chi connectivity index (χ1v) is 10.8. The van der Waals surface area contributed by atoms with Gasteiger partial charge in [-0.05, 0) is 39.5 Å². The fraction of sp³-hybridized carbons (Fsp3) is 0.882. The van der Waals surface area contributed by atoms with Crippen molar-refractivity contribution in [1.82, 2.24) is 9.62 Å². The Labute approximate surface area is 157 Å². The van der Waals surface area contributed by atoms with Gasteiger partial charge in [-0.3, -0.25) is 4.79 Å². The van der Waals surface area contributed by atoms with Crippen LogP contribution >= 0.6 is 0 Å². The molecule has 0 rings (SSSR count). The van der Waals surface area contributed by atoms with E-state index in [1.807, 2.05) is 0 Å². The molecule has 154 valence electrons. The van der Waals surface area contributed by atoms with Crippen molar-refractivity contribution < 1.29 is 27.5 Å². The summed E-state index contributed by atoms with van der Waals surface area (Å²) in [5.41, 5.74) is 0. The molecule has 0 aromatic carbocycles. The van der Waals surface area contributed by atoms with Crippen LogP contribution in [0.15, 0.2) is 0 Å². The molecule has 0 fully saturated rings. The van der Waals surface area contributed by atoms with E-state index >= 15 is 0 Å². The zero-order valence-corrected chi connectivity index (χ0v) is 17.6. The third-order valence-electron chi connectivity index (χ3n) is 3.62. The minimum absolute atomic E-state index is 0.140. The van der Waals surface area contributed by atoms with E-state index in [0.29, 0.717) is 32.0 Å². The summed E-state index contributed by atoms with van der Waals surface area (Å²) in [7, 11) is -3.27. The number of carbonyl (C=O) groups excluding carboxylic acids is 2. The molecule has 0 aromatic rings. The van der Waals surface area contributed by atoms with Gasteiger partial charge in [-0.1, -0.05) is 13.8 Å². The molecular formula is C17H34N2O6S. The van der Waals surface area contributed by atoms with Gasteiger partial charge in [0.25, 0.3) is 5.91 Å². The molecule has 0 radical (unpaired) electrons. The molecule has 0 aliphatic heterocycles. The summed E-state index contributed by atoms with van der Waals surface area (Å²) in [4.78, 5) is 23.4. The monoisotopic (exact) mass is 394 g/mol. The molecule has 0 aromatic heterocycles. The summed E-state index contributed by atoms with van der Waals surface area (Å²) in [5.74, 6) is -0.520. The first-order valence-electron chi connectivity index (χ1n) is 8.96. The average Bonchev–Trinajstić information content (AvgIpc) is 2.50. The van der Waals surface area contributed by atoms with Gasteiger partial charge in [0.1, 0.15) is 0 Å². The van der Waals surface area contributed by atoms with Gasteiger partial charge >= 0.3 is 5.97 Å². The largest absolute Gasteiger partial charge is 0.454 e. The van der Waals surface area contributed by atoms with Crippen molar-refractivity contribution in [3.05, 3.63) is 0 Å². The molecule has 0 spiro atoms. The zero-order chi connectivity index (χ0) is 20.3. The third kappa shape index (κ3) is 11.4. The highest BCUT2D eigenvalue weighted by atomic mass is 32.2. The lowest BCUT2D eigenvalue weighted by Crippen LogP contribution is -2.39. The first kappa shape index (κ1) is 24.8. The van der Waals surface area contributed by atoms with E-state index in [4.69, 9.17) is 9.47 Å². The van der Waals surface area contributed by atoms with Crippen molar-refractivity contribution in [1.29, 1.82) is 0 Å². The second kappa shape index (κ2) is 12.2. The van der Waals surface area contributed by atoms with Crippen LogP contribution in [-0.2, 0) is 29.1 Å². The molecule has 26 heavy (non-hydrogen) atoms. The molecule has 9 heteroatoms. The standard InChI is InChI=1S/C17H34N2O6S/c1-13(2)8-11-24-15(5)17(21)25-12-16(20)18-9-7-10-19(14(3)4)26(6,22)23/h13-15H,7-12H2,1-6H3,(H,18,20). The fourth-order valence-electron chi connectivity index (χ4n) is 2.12. The highest BCUT2D eigenvalue weighted by molar-refractivity contribution is 7.88. The quantitative estimate of drug-likeness (QED) is 0.371. The maximum atomic E-state index is 11.7. The second-order valence-electron chi connectivity index (χ2n) is 6.97. The van der Waals surface area contributed by atoms with Gasteiger partial charge in [-0.2, -0.15) is 4.31 Å². The molecule has 1 N–H and O–H groups in total. The van der Waals surface area contributed by atoms with E-state index in [9.17, 15) is 18.0 Å². The van der Waals surface area contributed by atoms with Gasteiger partial charge in [0.15, 0.2) is 12.7 Å². The number of nitrogens with one attached hydrogen (secondary N) is 1. The van der Waals surface area contributed by atoms with Gasteiger partial charge in [0.2, 0.25) is 10.0 Å². The average molecular weight is 395 g/mol. The Balaban J connectivity index is 4.00. The summed E-state index contributed by atoms with van der Waals surface area (Å²) in [6.45, 7) is 10.0. The SMILES string of the molecule is CC(C)CCOC(C)C(=O)OCC(=O)NCCCN(C(C)C)S(C)(=O)=O. The van der Waals surface area contributed by atoms with Gasteiger partial charge in [-0.25, -0.2) is 13.2 Å². The smallest absolute Gasteiger partial charge is 0.335 e. The van der Waals surface area contributed by atoms with E-state index in [1.165, 1.54) is 4.31 Å². The van der Waals surface area contributed by atoms with Crippen molar-refractivity contribution >= 4 is 21.9 Å². The number of nitrogens with zero attached hydrogens (tertiary/aromatic N) is 1. The topological polar surface area (TPSA) is 102 Å². The molecule has 0 saturated carbocycles. The van der Waals surface area contributed by atoms with E-state index < -0.39 is 28.0 Å². The van der Waals surface area contributed by atoms with Crippen LogP contribution in [0.3, 0.4) is 0 Å². The van der Waals surface area contributed by atoms with E-state index in [2.05, 4.69) is 19.2 Å². The Morgan fingerprint density at radius 1 is 1.12 bits per heavy atom. The Hall–Kier alpha value is -1.19. The molecule has 0 saturated heterocycles. The Morgan fingerprint density at radius 3 is 2.23 bits per heavy atom. The van der Waals surface area contributed by atoms with E-state index in [0.717, 1.165) is 12.7 Å². The van der Waals surface area contributed by atoms with Crippen LogP contribution in [0.5, 0.6) is 0 Å². The molecule has 8 nitrogen and oxygen atoms in total.